The molecule has 0 N–H and O–H groups in total. The summed E-state index contributed by atoms with van der Waals surface area (Å²) in [5.74, 6) is 2.37. The van der Waals surface area contributed by atoms with Crippen LogP contribution in [0.15, 0.2) is 24.5 Å². The van der Waals surface area contributed by atoms with Gasteiger partial charge in [-0.15, -0.1) is 0 Å². The zero-order valence-electron chi connectivity index (χ0n) is 14.6. The summed E-state index contributed by atoms with van der Waals surface area (Å²) in [5.41, 5.74) is 0.684. The monoisotopic (exact) mass is 343 g/mol. The van der Waals surface area contributed by atoms with Crippen molar-refractivity contribution in [3.05, 3.63) is 40.2 Å². The van der Waals surface area contributed by atoms with Gasteiger partial charge in [0.1, 0.15) is 17.8 Å². The molecule has 0 aliphatic carbocycles. The Morgan fingerprint density at radius 3 is 2.32 bits per heavy atom. The van der Waals surface area contributed by atoms with E-state index in [1.54, 1.807) is 19.2 Å². The average Bonchev–Trinajstić information content (AvgIpc) is 2.61. The highest BCUT2D eigenvalue weighted by molar-refractivity contribution is 5.51. The minimum atomic E-state index is -0.401. The number of nitro groups is 1. The standard InChI is InChI=1S/C16H21N7O2/c1-12-10-15(18-11-13(12)23(24)25)22-8-6-21(7-9-22)14-4-5-17-16(19-14)20(2)3/h4-5,10-11H,6-9H2,1-3H3. The molecular weight excluding hydrogens is 322 g/mol. The van der Waals surface area contributed by atoms with Gasteiger partial charge in [-0.05, 0) is 19.1 Å². The number of piperazine rings is 1. The number of aromatic nitrogens is 3. The smallest absolute Gasteiger partial charge is 0.290 e. The van der Waals surface area contributed by atoms with E-state index in [9.17, 15) is 10.1 Å². The van der Waals surface area contributed by atoms with Gasteiger partial charge < -0.3 is 14.7 Å². The normalized spacial score (nSPS) is 14.5. The van der Waals surface area contributed by atoms with Gasteiger partial charge in [-0.25, -0.2) is 9.97 Å². The van der Waals surface area contributed by atoms with E-state index in [1.807, 2.05) is 25.1 Å². The fraction of sp³-hybridized carbons (Fsp3) is 0.438. The Kier molecular flexibility index (Phi) is 4.64. The minimum Gasteiger partial charge on any atom is -0.353 e. The van der Waals surface area contributed by atoms with Crippen LogP contribution in [0.25, 0.3) is 0 Å². The molecule has 25 heavy (non-hydrogen) atoms. The molecule has 0 saturated carbocycles. The molecular formula is C16H21N7O2. The summed E-state index contributed by atoms with van der Waals surface area (Å²) < 4.78 is 0. The lowest BCUT2D eigenvalue weighted by molar-refractivity contribution is -0.385. The van der Waals surface area contributed by atoms with Crippen molar-refractivity contribution in [3.63, 3.8) is 0 Å². The molecule has 0 radical (unpaired) electrons. The van der Waals surface area contributed by atoms with Crippen LogP contribution in [0.5, 0.6) is 0 Å². The molecule has 1 saturated heterocycles. The summed E-state index contributed by atoms with van der Waals surface area (Å²) in [6.45, 7) is 4.92. The first-order chi connectivity index (χ1) is 12.0. The summed E-state index contributed by atoms with van der Waals surface area (Å²) >= 11 is 0. The molecule has 0 amide bonds. The highest BCUT2D eigenvalue weighted by atomic mass is 16.6. The van der Waals surface area contributed by atoms with Gasteiger partial charge in [-0.3, -0.25) is 10.1 Å². The predicted molar refractivity (Wildman–Crippen MR) is 96.4 cm³/mol. The molecule has 9 heteroatoms. The highest BCUT2D eigenvalue weighted by Crippen LogP contribution is 2.23. The maximum atomic E-state index is 10.9. The van der Waals surface area contributed by atoms with Crippen LogP contribution in [0.4, 0.5) is 23.3 Å². The lowest BCUT2D eigenvalue weighted by Crippen LogP contribution is -2.47. The van der Waals surface area contributed by atoms with Crippen LogP contribution in [0, 0.1) is 17.0 Å². The largest absolute Gasteiger partial charge is 0.353 e. The molecule has 3 heterocycles. The molecule has 0 unspecified atom stereocenters. The summed E-state index contributed by atoms with van der Waals surface area (Å²) in [6.07, 6.45) is 3.11. The van der Waals surface area contributed by atoms with E-state index in [1.165, 1.54) is 6.20 Å². The fourth-order valence-corrected chi connectivity index (χ4v) is 2.79. The van der Waals surface area contributed by atoms with E-state index in [-0.39, 0.29) is 5.69 Å². The number of hydrogen-bond acceptors (Lipinski definition) is 8. The first-order valence-electron chi connectivity index (χ1n) is 8.07. The first kappa shape index (κ1) is 16.9. The van der Waals surface area contributed by atoms with Crippen LogP contribution in [-0.4, -0.2) is 60.1 Å². The zero-order valence-corrected chi connectivity index (χ0v) is 14.6. The predicted octanol–water partition coefficient (Wildman–Crippen LogP) is 1.48. The molecule has 1 aliphatic rings. The third-order valence-corrected chi connectivity index (χ3v) is 4.22. The Labute approximate surface area is 146 Å². The Morgan fingerprint density at radius 2 is 1.76 bits per heavy atom. The number of anilines is 3. The maximum Gasteiger partial charge on any atom is 0.290 e. The second-order valence-electron chi connectivity index (χ2n) is 6.17. The number of hydrogen-bond donors (Lipinski definition) is 0. The van der Waals surface area contributed by atoms with Crippen molar-refractivity contribution in [1.82, 2.24) is 15.0 Å². The van der Waals surface area contributed by atoms with Crippen molar-refractivity contribution >= 4 is 23.3 Å². The van der Waals surface area contributed by atoms with Gasteiger partial charge in [0.15, 0.2) is 0 Å². The van der Waals surface area contributed by atoms with E-state index >= 15 is 0 Å². The van der Waals surface area contributed by atoms with Gasteiger partial charge in [0, 0.05) is 52.0 Å². The quantitative estimate of drug-likeness (QED) is 0.609. The molecule has 0 spiro atoms. The molecule has 0 aromatic carbocycles. The molecule has 0 atom stereocenters. The molecule has 3 rings (SSSR count). The molecule has 1 fully saturated rings. The van der Waals surface area contributed by atoms with Crippen molar-refractivity contribution in [1.29, 1.82) is 0 Å². The van der Waals surface area contributed by atoms with Gasteiger partial charge >= 0.3 is 0 Å². The lowest BCUT2D eigenvalue weighted by atomic mass is 10.2. The Hall–Kier alpha value is -2.97. The average molecular weight is 343 g/mol. The zero-order chi connectivity index (χ0) is 18.0. The Balaban J connectivity index is 1.69. The number of aryl methyl sites for hydroxylation is 1. The van der Waals surface area contributed by atoms with Gasteiger partial charge in [0.05, 0.1) is 4.92 Å². The van der Waals surface area contributed by atoms with E-state index < -0.39 is 4.92 Å². The Bertz CT molecular complexity index is 773. The van der Waals surface area contributed by atoms with Crippen molar-refractivity contribution in [3.8, 4) is 0 Å². The third kappa shape index (κ3) is 3.59. The molecule has 1 aliphatic heterocycles. The summed E-state index contributed by atoms with van der Waals surface area (Å²) in [6, 6.07) is 3.69. The highest BCUT2D eigenvalue weighted by Gasteiger charge is 2.21. The van der Waals surface area contributed by atoms with Crippen LogP contribution in [0.3, 0.4) is 0 Å². The van der Waals surface area contributed by atoms with Gasteiger partial charge in [0.25, 0.3) is 5.69 Å². The number of rotatable bonds is 4. The number of nitrogens with zero attached hydrogens (tertiary/aromatic N) is 7. The molecule has 0 bridgehead atoms. The van der Waals surface area contributed by atoms with Gasteiger partial charge in [0.2, 0.25) is 5.95 Å². The van der Waals surface area contributed by atoms with E-state index in [2.05, 4.69) is 24.8 Å². The second kappa shape index (κ2) is 6.88. The van der Waals surface area contributed by atoms with E-state index in [4.69, 9.17) is 0 Å². The van der Waals surface area contributed by atoms with E-state index in [0.717, 1.165) is 37.8 Å². The first-order valence-corrected chi connectivity index (χ1v) is 8.07. The van der Waals surface area contributed by atoms with Crippen LogP contribution >= 0.6 is 0 Å². The van der Waals surface area contributed by atoms with Gasteiger partial charge in [-0.1, -0.05) is 0 Å². The molecule has 2 aromatic heterocycles. The summed E-state index contributed by atoms with van der Waals surface area (Å²) in [7, 11) is 3.83. The molecule has 132 valence electrons. The van der Waals surface area contributed by atoms with Crippen LogP contribution in [0.2, 0.25) is 0 Å². The Morgan fingerprint density at radius 1 is 1.12 bits per heavy atom. The van der Waals surface area contributed by atoms with Crippen LogP contribution in [0.1, 0.15) is 5.56 Å². The van der Waals surface area contributed by atoms with Crippen LogP contribution in [-0.2, 0) is 0 Å². The summed E-state index contributed by atoms with van der Waals surface area (Å²) in [4.78, 5) is 29.8. The summed E-state index contributed by atoms with van der Waals surface area (Å²) in [5, 5.41) is 10.9. The topological polar surface area (TPSA) is 91.5 Å². The van der Waals surface area contributed by atoms with Crippen molar-refractivity contribution in [2.24, 2.45) is 0 Å². The fourth-order valence-electron chi connectivity index (χ4n) is 2.79. The third-order valence-electron chi connectivity index (χ3n) is 4.22. The van der Waals surface area contributed by atoms with Crippen LogP contribution < -0.4 is 14.7 Å². The maximum absolute atomic E-state index is 10.9. The lowest BCUT2D eigenvalue weighted by Gasteiger charge is -2.36. The molecule has 9 nitrogen and oxygen atoms in total. The van der Waals surface area contributed by atoms with Crippen molar-refractivity contribution < 1.29 is 4.92 Å². The van der Waals surface area contributed by atoms with Crippen molar-refractivity contribution in [2.45, 2.75) is 6.92 Å². The second-order valence-corrected chi connectivity index (χ2v) is 6.17. The SMILES string of the molecule is Cc1cc(N2CCN(c3ccnc(N(C)C)n3)CC2)ncc1[N+](=O)[O-]. The van der Waals surface area contributed by atoms with E-state index in [0.29, 0.717) is 11.5 Å². The molecule has 2 aromatic rings. The number of pyridine rings is 1. The minimum absolute atomic E-state index is 0.0552. The van der Waals surface area contributed by atoms with Gasteiger partial charge in [-0.2, -0.15) is 4.98 Å². The van der Waals surface area contributed by atoms with Crippen molar-refractivity contribution in [2.75, 3.05) is 55.0 Å².